The maximum absolute atomic E-state index is 13.1. The Morgan fingerprint density at radius 1 is 1.21 bits per heavy atom. The molecule has 3 rings (SSSR count). The molecule has 2 aromatic rings. The van der Waals surface area contributed by atoms with Gasteiger partial charge in [-0.1, -0.05) is 42.6 Å². The number of amides is 1. The van der Waals surface area contributed by atoms with Gasteiger partial charge < -0.3 is 11.1 Å². The largest absolute Gasteiger partial charge is 0.405 e. The average Bonchev–Trinajstić information content (AvgIpc) is 3.36. The zero-order chi connectivity index (χ0) is 25.3. The van der Waals surface area contributed by atoms with Crippen molar-refractivity contribution in [2.75, 3.05) is 12.3 Å². The third-order valence-corrected chi connectivity index (χ3v) is 6.49. The second-order valence-corrected chi connectivity index (χ2v) is 10.4. The highest BCUT2D eigenvalue weighted by molar-refractivity contribution is 8.45. The van der Waals surface area contributed by atoms with Crippen LogP contribution in [0, 0.1) is 11.3 Å². The highest BCUT2D eigenvalue weighted by Gasteiger charge is 2.65. The van der Waals surface area contributed by atoms with Crippen molar-refractivity contribution in [1.29, 1.82) is 5.26 Å². The predicted octanol–water partition coefficient (Wildman–Crippen LogP) is 6.00. The fourth-order valence-electron chi connectivity index (χ4n) is 3.18. The van der Waals surface area contributed by atoms with Gasteiger partial charge in [0.2, 0.25) is 5.91 Å². The number of rotatable bonds is 5. The van der Waals surface area contributed by atoms with Crippen molar-refractivity contribution in [3.8, 4) is 11.8 Å². The van der Waals surface area contributed by atoms with Crippen molar-refractivity contribution in [2.24, 2.45) is 0 Å². The van der Waals surface area contributed by atoms with E-state index in [0.29, 0.717) is 4.68 Å². The Morgan fingerprint density at radius 2 is 1.73 bits per heavy atom. The number of nitrogens with zero attached hydrogens (tertiary/aromatic N) is 3. The van der Waals surface area contributed by atoms with Gasteiger partial charge in [-0.3, -0.25) is 4.79 Å². The van der Waals surface area contributed by atoms with Crippen LogP contribution < -0.4 is 11.1 Å². The Kier molecular flexibility index (Phi) is 5.19. The van der Waals surface area contributed by atoms with Crippen LogP contribution in [-0.4, -0.2) is 28.4 Å². The highest BCUT2D eigenvalue weighted by Crippen LogP contribution is 3.02. The van der Waals surface area contributed by atoms with E-state index in [4.69, 9.17) is 28.9 Å². The van der Waals surface area contributed by atoms with Gasteiger partial charge in [0.15, 0.2) is 5.69 Å². The lowest BCUT2D eigenvalue weighted by Crippen LogP contribution is -2.40. The minimum absolute atomic E-state index is 0.00805. The number of halogens is 10. The number of alkyl halides is 3. The van der Waals surface area contributed by atoms with Gasteiger partial charge in [-0.2, -0.15) is 23.5 Å². The van der Waals surface area contributed by atoms with Crippen LogP contribution in [0.15, 0.2) is 17.0 Å². The second kappa shape index (κ2) is 6.80. The van der Waals surface area contributed by atoms with Gasteiger partial charge in [0, 0.05) is 5.56 Å². The normalized spacial score (nSPS) is 17.6. The number of nitrogens with one attached hydrogen (secondary N) is 1. The molecule has 1 aliphatic carbocycles. The monoisotopic (exact) mass is 543 g/mol. The second-order valence-electron chi connectivity index (χ2n) is 7.22. The van der Waals surface area contributed by atoms with E-state index in [1.807, 2.05) is 0 Å². The zero-order valence-corrected chi connectivity index (χ0v) is 18.1. The van der Waals surface area contributed by atoms with Crippen LogP contribution in [0.2, 0.25) is 10.0 Å². The van der Waals surface area contributed by atoms with Crippen LogP contribution in [0.25, 0.3) is 5.69 Å². The van der Waals surface area contributed by atoms with Crippen molar-refractivity contribution in [2.45, 2.75) is 29.3 Å². The quantitative estimate of drug-likeness (QED) is 0.452. The van der Waals surface area contributed by atoms with Gasteiger partial charge in [0.25, 0.3) is 0 Å². The maximum atomic E-state index is 13.1. The molecule has 1 saturated carbocycles. The summed E-state index contributed by atoms with van der Waals surface area (Å²) in [5.74, 6) is -1.63. The summed E-state index contributed by atoms with van der Waals surface area (Å²) in [6, 6.07) is 1.40. The fourth-order valence-corrected chi connectivity index (χ4v) is 4.64. The number of aromatic nitrogens is 2. The number of hydrogen-bond donors (Lipinski definition) is 2. The molecule has 1 aromatic heterocycles. The average molecular weight is 544 g/mol. The molecule has 0 radical (unpaired) electrons. The molecule has 0 unspecified atom stereocenters. The summed E-state index contributed by atoms with van der Waals surface area (Å²) in [7, 11) is -10.2. The Hall–Kier alpha value is -2.44. The van der Waals surface area contributed by atoms with E-state index in [0.717, 1.165) is 0 Å². The van der Waals surface area contributed by atoms with Crippen LogP contribution in [-0.2, 0) is 10.2 Å². The maximum Gasteiger partial charge on any atom is 0.405 e. The molecule has 33 heavy (non-hydrogen) atoms. The molecule has 3 N–H and O–H groups in total. The van der Waals surface area contributed by atoms with Crippen LogP contribution in [0.4, 0.5) is 38.4 Å². The molecule has 1 heterocycles. The van der Waals surface area contributed by atoms with E-state index in [2.05, 4.69) is 5.10 Å². The van der Waals surface area contributed by atoms with Crippen LogP contribution in [0.3, 0.4) is 0 Å². The first-order valence-corrected chi connectivity index (χ1v) is 11.3. The van der Waals surface area contributed by atoms with E-state index < -0.39 is 66.4 Å². The van der Waals surface area contributed by atoms with Gasteiger partial charge in [0.1, 0.15) is 29.0 Å². The topological polar surface area (TPSA) is 96.7 Å². The Morgan fingerprint density at radius 3 is 2.12 bits per heavy atom. The van der Waals surface area contributed by atoms with Crippen molar-refractivity contribution >= 4 is 45.2 Å². The lowest BCUT2D eigenvalue weighted by atomic mass is 9.94. The zero-order valence-electron chi connectivity index (χ0n) is 15.8. The number of nitrogen functional groups attached to an aromatic ring is 1. The minimum Gasteiger partial charge on any atom is -0.383 e. The number of carbonyl (C=O) groups is 1. The first-order chi connectivity index (χ1) is 14.7. The summed E-state index contributed by atoms with van der Waals surface area (Å²) in [5, 5.41) is 12.9. The summed E-state index contributed by atoms with van der Waals surface area (Å²) in [6.45, 7) is -1.66. The van der Waals surface area contributed by atoms with E-state index in [1.165, 1.54) is 0 Å². The Labute approximate surface area is 189 Å². The third kappa shape index (κ3) is 4.78. The van der Waals surface area contributed by atoms with Gasteiger partial charge >= 0.3 is 16.4 Å². The summed E-state index contributed by atoms with van der Waals surface area (Å²) in [4.78, 5) is 10.0. The molecule has 1 aromatic carbocycles. The third-order valence-electron chi connectivity index (χ3n) is 4.79. The molecule has 182 valence electrons. The minimum atomic E-state index is -10.2. The molecular weight excluding hydrogens is 533 g/mol. The SMILES string of the molecule is N#Cc1nn(-c2c(Cl)cc(S(F)(F)(F)(F)F)cc2Cl)c(N)c1C1(C(=O)NCC(F)(F)F)CC1. The van der Waals surface area contributed by atoms with Crippen molar-refractivity contribution in [3.63, 3.8) is 0 Å². The standard InChI is InChI=1S/C16H11Cl2F8N5OS/c17-8-3-7(33(22,23,24,25)26)4-9(18)12(8)31-13(28)11(10(5-27)30-31)15(1-2-15)14(32)29-6-16(19,20)21/h3-4H,1-2,6,28H2,(H,29,32). The van der Waals surface area contributed by atoms with Crippen molar-refractivity contribution < 1.29 is 37.4 Å². The number of anilines is 1. The summed E-state index contributed by atoms with van der Waals surface area (Å²) < 4.78 is 104. The van der Waals surface area contributed by atoms with E-state index in [9.17, 15) is 42.7 Å². The number of nitrogens with two attached hydrogens (primary N) is 1. The Bertz CT molecular complexity index is 1190. The molecular formula is C16H11Cl2F8N5OS. The van der Waals surface area contributed by atoms with Gasteiger partial charge in [-0.05, 0) is 25.0 Å². The van der Waals surface area contributed by atoms with Crippen molar-refractivity contribution in [1.82, 2.24) is 15.1 Å². The van der Waals surface area contributed by atoms with Crippen LogP contribution in [0.1, 0.15) is 24.1 Å². The summed E-state index contributed by atoms with van der Waals surface area (Å²) >= 11 is 11.5. The predicted molar refractivity (Wildman–Crippen MR) is 104 cm³/mol. The van der Waals surface area contributed by atoms with E-state index >= 15 is 0 Å². The van der Waals surface area contributed by atoms with E-state index in [-0.39, 0.29) is 30.5 Å². The lowest BCUT2D eigenvalue weighted by Gasteiger charge is -2.40. The molecule has 1 aliphatic rings. The lowest BCUT2D eigenvalue weighted by molar-refractivity contribution is -0.139. The molecule has 17 heteroatoms. The summed E-state index contributed by atoms with van der Waals surface area (Å²) in [6.07, 6.45) is -4.73. The summed E-state index contributed by atoms with van der Waals surface area (Å²) in [5.41, 5.74) is 2.87. The molecule has 0 bridgehead atoms. The molecule has 0 aliphatic heterocycles. The number of hydrogen-bond acceptors (Lipinski definition) is 4. The molecule has 0 spiro atoms. The van der Waals surface area contributed by atoms with Crippen LogP contribution >= 0.6 is 33.4 Å². The highest BCUT2D eigenvalue weighted by atomic mass is 35.5. The first-order valence-electron chi connectivity index (χ1n) is 8.58. The number of nitriles is 1. The Balaban J connectivity index is 2.13. The van der Waals surface area contributed by atoms with Gasteiger partial charge in [-0.25, -0.2) is 4.68 Å². The molecule has 1 amide bonds. The molecule has 1 fully saturated rings. The molecule has 6 nitrogen and oxygen atoms in total. The molecule has 0 saturated heterocycles. The number of benzene rings is 1. The van der Waals surface area contributed by atoms with Gasteiger partial charge in [-0.15, -0.1) is 0 Å². The number of carbonyl (C=O) groups excluding carboxylic acids is 1. The first kappa shape index (κ1) is 25.2. The smallest absolute Gasteiger partial charge is 0.383 e. The van der Waals surface area contributed by atoms with Gasteiger partial charge in [0.05, 0.1) is 15.5 Å². The molecule has 0 atom stereocenters. The fraction of sp³-hybridized carbons (Fsp3) is 0.312. The van der Waals surface area contributed by atoms with Crippen LogP contribution in [0.5, 0.6) is 0 Å². The van der Waals surface area contributed by atoms with Crippen molar-refractivity contribution in [3.05, 3.63) is 33.4 Å². The van der Waals surface area contributed by atoms with E-state index in [1.54, 1.807) is 11.4 Å².